The number of nitrogens with zero attached hydrogens (tertiary/aromatic N) is 4. The second kappa shape index (κ2) is 8.52. The largest absolute Gasteiger partial charge is 0.494 e. The molecule has 1 aromatic carbocycles. The third-order valence-electron chi connectivity index (χ3n) is 4.28. The smallest absolute Gasteiger partial charge is 0.261 e. The van der Waals surface area contributed by atoms with Crippen LogP contribution in [0.5, 0.6) is 5.75 Å². The molecule has 0 aliphatic carbocycles. The Morgan fingerprint density at radius 2 is 2.10 bits per heavy atom. The highest BCUT2D eigenvalue weighted by molar-refractivity contribution is 7.17. The fourth-order valence-electron chi connectivity index (χ4n) is 2.83. The van der Waals surface area contributed by atoms with Crippen molar-refractivity contribution in [1.82, 2.24) is 24.9 Å². The fraction of sp³-hybridized carbons (Fsp3) is 0.100. The summed E-state index contributed by atoms with van der Waals surface area (Å²) in [5, 5.41) is 11.0. The van der Waals surface area contributed by atoms with Crippen LogP contribution in [0.2, 0.25) is 4.34 Å². The van der Waals surface area contributed by atoms with Crippen LogP contribution in [0.25, 0.3) is 11.4 Å². The summed E-state index contributed by atoms with van der Waals surface area (Å²) in [4.78, 5) is 24.8. The molecule has 0 spiro atoms. The average molecular weight is 442 g/mol. The molecule has 0 radical (unpaired) electrons. The van der Waals surface area contributed by atoms with E-state index in [-0.39, 0.29) is 18.0 Å². The minimum Gasteiger partial charge on any atom is -0.494 e. The molecule has 0 atom stereocenters. The normalized spacial score (nSPS) is 10.7. The maximum absolute atomic E-state index is 12.1. The van der Waals surface area contributed by atoms with Gasteiger partial charge in [-0.25, -0.2) is 4.68 Å². The second-order valence-electron chi connectivity index (χ2n) is 6.21. The van der Waals surface area contributed by atoms with Crippen LogP contribution < -0.4 is 15.6 Å². The van der Waals surface area contributed by atoms with E-state index in [1.807, 2.05) is 6.07 Å². The summed E-state index contributed by atoms with van der Waals surface area (Å²) in [7, 11) is 1.54. The zero-order valence-corrected chi connectivity index (χ0v) is 17.4. The average Bonchev–Trinajstić information content (AvgIpc) is 3.41. The van der Waals surface area contributed by atoms with Gasteiger partial charge in [-0.3, -0.25) is 14.2 Å². The molecule has 4 aromatic rings. The summed E-state index contributed by atoms with van der Waals surface area (Å²) >= 11 is 7.07. The van der Waals surface area contributed by atoms with Gasteiger partial charge in [0.05, 0.1) is 40.4 Å². The van der Waals surface area contributed by atoms with E-state index < -0.39 is 0 Å². The molecule has 10 heteroatoms. The van der Waals surface area contributed by atoms with Gasteiger partial charge in [0, 0.05) is 18.3 Å². The van der Waals surface area contributed by atoms with E-state index in [9.17, 15) is 9.59 Å². The molecule has 0 saturated carbocycles. The van der Waals surface area contributed by atoms with Crippen LogP contribution in [-0.2, 0) is 6.54 Å². The van der Waals surface area contributed by atoms with Crippen LogP contribution in [0.4, 0.5) is 0 Å². The van der Waals surface area contributed by atoms with E-state index >= 15 is 0 Å². The molecule has 8 nitrogen and oxygen atoms in total. The Balaban J connectivity index is 1.52. The minimum atomic E-state index is -0.222. The van der Waals surface area contributed by atoms with Crippen LogP contribution >= 0.6 is 22.9 Å². The van der Waals surface area contributed by atoms with Crippen molar-refractivity contribution in [2.75, 3.05) is 7.11 Å². The minimum absolute atomic E-state index is 0.158. The van der Waals surface area contributed by atoms with E-state index in [1.165, 1.54) is 29.1 Å². The number of benzene rings is 1. The lowest BCUT2D eigenvalue weighted by Crippen LogP contribution is -2.21. The zero-order chi connectivity index (χ0) is 21.1. The Kier molecular flexibility index (Phi) is 5.64. The molecule has 0 aliphatic rings. The molecular weight excluding hydrogens is 426 g/mol. The number of thiophene rings is 1. The van der Waals surface area contributed by atoms with Gasteiger partial charge in [0.25, 0.3) is 11.5 Å². The van der Waals surface area contributed by atoms with E-state index in [1.54, 1.807) is 53.5 Å². The molecule has 1 N–H and O–H groups in total. The number of pyridine rings is 1. The highest BCUT2D eigenvalue weighted by Crippen LogP contribution is 2.25. The summed E-state index contributed by atoms with van der Waals surface area (Å²) < 4.78 is 9.10. The number of carbonyl (C=O) groups is 1. The first-order chi connectivity index (χ1) is 14.5. The van der Waals surface area contributed by atoms with Crippen molar-refractivity contribution in [2.45, 2.75) is 6.54 Å². The third kappa shape index (κ3) is 4.12. The van der Waals surface area contributed by atoms with Crippen molar-refractivity contribution in [3.63, 3.8) is 0 Å². The molecule has 1 amide bonds. The Bertz CT molecular complexity index is 1260. The summed E-state index contributed by atoms with van der Waals surface area (Å²) in [5.74, 6) is 0.293. The number of nitrogens with one attached hydrogen (secondary N) is 1. The fourth-order valence-corrected chi connectivity index (χ4v) is 3.79. The van der Waals surface area contributed by atoms with E-state index in [2.05, 4.69) is 15.6 Å². The van der Waals surface area contributed by atoms with Crippen molar-refractivity contribution in [3.8, 4) is 17.1 Å². The molecule has 3 heterocycles. The molecule has 0 saturated heterocycles. The highest BCUT2D eigenvalue weighted by atomic mass is 35.5. The summed E-state index contributed by atoms with van der Waals surface area (Å²) in [6.45, 7) is 0.225. The van der Waals surface area contributed by atoms with E-state index in [0.29, 0.717) is 32.0 Å². The topological polar surface area (TPSA) is 91.0 Å². The molecule has 30 heavy (non-hydrogen) atoms. The number of amides is 1. The van der Waals surface area contributed by atoms with Crippen molar-refractivity contribution in [2.24, 2.45) is 0 Å². The van der Waals surface area contributed by atoms with Gasteiger partial charge in [0.2, 0.25) is 0 Å². The molecule has 0 aliphatic heterocycles. The Morgan fingerprint density at radius 3 is 2.83 bits per heavy atom. The van der Waals surface area contributed by atoms with Crippen LogP contribution in [0.1, 0.15) is 15.4 Å². The number of methoxy groups -OCH3 is 1. The Hall–Kier alpha value is -3.43. The molecule has 0 unspecified atom stereocenters. The van der Waals surface area contributed by atoms with Gasteiger partial charge in [-0.05, 0) is 30.3 Å². The number of ether oxygens (including phenoxy) is 1. The second-order valence-corrected chi connectivity index (χ2v) is 7.92. The predicted molar refractivity (Wildman–Crippen MR) is 114 cm³/mol. The van der Waals surface area contributed by atoms with Crippen LogP contribution in [0.3, 0.4) is 0 Å². The Morgan fingerprint density at radius 1 is 1.23 bits per heavy atom. The van der Waals surface area contributed by atoms with Crippen molar-refractivity contribution < 1.29 is 9.53 Å². The van der Waals surface area contributed by atoms with Gasteiger partial charge < -0.3 is 10.1 Å². The highest BCUT2D eigenvalue weighted by Gasteiger charge is 2.12. The summed E-state index contributed by atoms with van der Waals surface area (Å²) in [6, 6.07) is 13.6. The molecule has 152 valence electrons. The van der Waals surface area contributed by atoms with Gasteiger partial charge in [0.15, 0.2) is 0 Å². The van der Waals surface area contributed by atoms with Gasteiger partial charge in [-0.1, -0.05) is 22.9 Å². The summed E-state index contributed by atoms with van der Waals surface area (Å²) in [5.41, 5.74) is 1.76. The molecule has 4 rings (SSSR count). The zero-order valence-electron chi connectivity index (χ0n) is 15.8. The predicted octanol–water partition coefficient (Wildman–Crippen LogP) is 3.07. The number of rotatable bonds is 6. The van der Waals surface area contributed by atoms with Crippen LogP contribution in [-0.4, -0.2) is 32.6 Å². The molecule has 0 fully saturated rings. The molecule has 3 aromatic heterocycles. The first kappa shape index (κ1) is 19.9. The van der Waals surface area contributed by atoms with Crippen molar-refractivity contribution >= 4 is 28.8 Å². The number of carbonyl (C=O) groups excluding carboxylic acids is 1. The Labute approximate surface area is 180 Å². The van der Waals surface area contributed by atoms with E-state index in [4.69, 9.17) is 16.3 Å². The van der Waals surface area contributed by atoms with Crippen LogP contribution in [0.15, 0.2) is 65.7 Å². The number of hydrogen-bond donors (Lipinski definition) is 1. The standard InChI is InChI=1S/C20H16ClN5O3S/c1-29-16-10-14(5-6-15(16)25-9-3-2-4-19(25)27)26-12-13(23-24-26)11-22-20(28)17-7-8-18(21)30-17/h2-10,12H,11H2,1H3,(H,22,28). The first-order valence-electron chi connectivity index (χ1n) is 8.86. The van der Waals surface area contributed by atoms with Gasteiger partial charge in [-0.2, -0.15) is 0 Å². The van der Waals surface area contributed by atoms with Gasteiger partial charge in [-0.15, -0.1) is 16.4 Å². The van der Waals surface area contributed by atoms with Gasteiger partial charge >= 0.3 is 0 Å². The van der Waals surface area contributed by atoms with E-state index in [0.717, 1.165) is 0 Å². The number of hydrogen-bond acceptors (Lipinski definition) is 6. The number of halogens is 1. The van der Waals surface area contributed by atoms with Crippen molar-refractivity contribution in [3.05, 3.63) is 86.2 Å². The maximum Gasteiger partial charge on any atom is 0.261 e. The number of aromatic nitrogens is 4. The third-order valence-corrected chi connectivity index (χ3v) is 5.51. The maximum atomic E-state index is 12.1. The van der Waals surface area contributed by atoms with Gasteiger partial charge in [0.1, 0.15) is 11.4 Å². The lowest BCUT2D eigenvalue weighted by molar-refractivity contribution is 0.0954. The van der Waals surface area contributed by atoms with Crippen LogP contribution in [0, 0.1) is 0 Å². The SMILES string of the molecule is COc1cc(-n2cc(CNC(=O)c3ccc(Cl)s3)nn2)ccc1-n1ccccc1=O. The lowest BCUT2D eigenvalue weighted by atomic mass is 10.2. The van der Waals surface area contributed by atoms with Crippen molar-refractivity contribution in [1.29, 1.82) is 0 Å². The lowest BCUT2D eigenvalue weighted by Gasteiger charge is -2.12. The molecular formula is C20H16ClN5O3S. The quantitative estimate of drug-likeness (QED) is 0.496. The summed E-state index contributed by atoms with van der Waals surface area (Å²) in [6.07, 6.45) is 3.39. The monoisotopic (exact) mass is 441 g/mol. The first-order valence-corrected chi connectivity index (χ1v) is 10.1. The molecule has 0 bridgehead atoms.